The fourth-order valence-corrected chi connectivity index (χ4v) is 2.74. The number of halogens is 2. The molecule has 1 saturated heterocycles. The molecular formula is C15H21BrFNO2. The molecule has 0 bridgehead atoms. The van der Waals surface area contributed by atoms with Crippen LogP contribution in [0.15, 0.2) is 22.7 Å². The zero-order valence-corrected chi connectivity index (χ0v) is 13.3. The molecule has 5 heteroatoms. The second-order valence-electron chi connectivity index (χ2n) is 5.08. The summed E-state index contributed by atoms with van der Waals surface area (Å²) in [5.74, 6) is 0.233. The van der Waals surface area contributed by atoms with E-state index in [-0.39, 0.29) is 18.0 Å². The first kappa shape index (κ1) is 15.7. The van der Waals surface area contributed by atoms with Crippen LogP contribution in [0.2, 0.25) is 0 Å². The Labute approximate surface area is 128 Å². The minimum absolute atomic E-state index is 0.102. The molecule has 20 heavy (non-hydrogen) atoms. The highest BCUT2D eigenvalue weighted by atomic mass is 79.9. The Morgan fingerprint density at radius 2 is 2.15 bits per heavy atom. The number of nitrogens with one attached hydrogen (secondary N) is 1. The Morgan fingerprint density at radius 3 is 2.90 bits per heavy atom. The lowest BCUT2D eigenvalue weighted by Crippen LogP contribution is -2.28. The summed E-state index contributed by atoms with van der Waals surface area (Å²) in [5.41, 5.74) is 0. The third kappa shape index (κ3) is 5.04. The molecule has 1 aliphatic rings. The third-order valence-corrected chi connectivity index (χ3v) is 3.72. The van der Waals surface area contributed by atoms with E-state index in [0.29, 0.717) is 16.8 Å². The normalized spacial score (nSPS) is 22.1. The standard InChI is InChI=1S/C15H21BrFNO2/c1-2-5-18-9-13-3-4-14(20-13)10-19-15-7-11(16)6-12(17)8-15/h6-8,13-14,18H,2-5,9-10H2,1H3. The summed E-state index contributed by atoms with van der Waals surface area (Å²) in [6, 6.07) is 4.56. The highest BCUT2D eigenvalue weighted by molar-refractivity contribution is 9.10. The van der Waals surface area contributed by atoms with E-state index in [0.717, 1.165) is 32.4 Å². The minimum atomic E-state index is -0.302. The number of rotatable bonds is 7. The van der Waals surface area contributed by atoms with Crippen LogP contribution in [0.3, 0.4) is 0 Å². The molecule has 2 atom stereocenters. The molecule has 0 aliphatic carbocycles. The Bertz CT molecular complexity index is 410. The summed E-state index contributed by atoms with van der Waals surface area (Å²) >= 11 is 3.25. The van der Waals surface area contributed by atoms with Gasteiger partial charge in [0.1, 0.15) is 18.2 Å². The van der Waals surface area contributed by atoms with Crippen LogP contribution in [0.5, 0.6) is 5.75 Å². The van der Waals surface area contributed by atoms with E-state index in [1.807, 2.05) is 0 Å². The average molecular weight is 346 g/mol. The molecule has 0 radical (unpaired) electrons. The maximum absolute atomic E-state index is 13.2. The molecule has 0 amide bonds. The van der Waals surface area contributed by atoms with Gasteiger partial charge in [0.2, 0.25) is 0 Å². The van der Waals surface area contributed by atoms with Crippen molar-refractivity contribution in [2.45, 2.75) is 38.4 Å². The monoisotopic (exact) mass is 345 g/mol. The molecule has 0 spiro atoms. The average Bonchev–Trinajstić information content (AvgIpc) is 2.84. The molecule has 2 rings (SSSR count). The first-order chi connectivity index (χ1) is 9.67. The lowest BCUT2D eigenvalue weighted by Gasteiger charge is -2.15. The maximum Gasteiger partial charge on any atom is 0.128 e. The van der Waals surface area contributed by atoms with E-state index in [1.165, 1.54) is 12.1 Å². The van der Waals surface area contributed by atoms with Crippen LogP contribution in [0.25, 0.3) is 0 Å². The van der Waals surface area contributed by atoms with Gasteiger partial charge >= 0.3 is 0 Å². The molecular weight excluding hydrogens is 325 g/mol. The molecule has 2 unspecified atom stereocenters. The van der Waals surface area contributed by atoms with Crippen molar-refractivity contribution in [3.63, 3.8) is 0 Å². The number of benzene rings is 1. The summed E-state index contributed by atoms with van der Waals surface area (Å²) in [5, 5.41) is 3.36. The predicted octanol–water partition coefficient (Wildman–Crippen LogP) is 3.51. The molecule has 1 fully saturated rings. The maximum atomic E-state index is 13.2. The Balaban J connectivity index is 1.72. The predicted molar refractivity (Wildman–Crippen MR) is 80.7 cm³/mol. The number of hydrogen-bond donors (Lipinski definition) is 1. The van der Waals surface area contributed by atoms with Gasteiger partial charge < -0.3 is 14.8 Å². The van der Waals surface area contributed by atoms with Crippen molar-refractivity contribution in [2.24, 2.45) is 0 Å². The highest BCUT2D eigenvalue weighted by Gasteiger charge is 2.25. The van der Waals surface area contributed by atoms with E-state index < -0.39 is 0 Å². The van der Waals surface area contributed by atoms with Gasteiger partial charge in [0.05, 0.1) is 12.2 Å². The summed E-state index contributed by atoms with van der Waals surface area (Å²) in [6.07, 6.45) is 3.56. The summed E-state index contributed by atoms with van der Waals surface area (Å²) in [4.78, 5) is 0. The van der Waals surface area contributed by atoms with Crippen molar-refractivity contribution in [3.8, 4) is 5.75 Å². The molecule has 1 heterocycles. The molecule has 1 aromatic carbocycles. The molecule has 3 nitrogen and oxygen atoms in total. The van der Waals surface area contributed by atoms with E-state index in [9.17, 15) is 4.39 Å². The Morgan fingerprint density at radius 1 is 1.35 bits per heavy atom. The zero-order valence-electron chi connectivity index (χ0n) is 11.7. The van der Waals surface area contributed by atoms with Crippen molar-refractivity contribution >= 4 is 15.9 Å². The highest BCUT2D eigenvalue weighted by Crippen LogP contribution is 2.23. The van der Waals surface area contributed by atoms with Crippen molar-refractivity contribution < 1.29 is 13.9 Å². The van der Waals surface area contributed by atoms with Gasteiger partial charge in [-0.2, -0.15) is 0 Å². The summed E-state index contributed by atoms with van der Waals surface area (Å²) in [7, 11) is 0. The van der Waals surface area contributed by atoms with Gasteiger partial charge in [-0.15, -0.1) is 0 Å². The Kier molecular flexibility index (Phi) is 6.26. The third-order valence-electron chi connectivity index (χ3n) is 3.27. The van der Waals surface area contributed by atoms with Gasteiger partial charge in [-0.1, -0.05) is 22.9 Å². The minimum Gasteiger partial charge on any atom is -0.491 e. The van der Waals surface area contributed by atoms with Crippen LogP contribution in [-0.2, 0) is 4.74 Å². The van der Waals surface area contributed by atoms with Gasteiger partial charge in [-0.25, -0.2) is 4.39 Å². The van der Waals surface area contributed by atoms with E-state index in [2.05, 4.69) is 28.2 Å². The zero-order chi connectivity index (χ0) is 14.4. The fourth-order valence-electron chi connectivity index (χ4n) is 2.29. The lowest BCUT2D eigenvalue weighted by molar-refractivity contribution is 0.0186. The van der Waals surface area contributed by atoms with Crippen molar-refractivity contribution in [1.29, 1.82) is 0 Å². The molecule has 112 valence electrons. The van der Waals surface area contributed by atoms with Crippen LogP contribution < -0.4 is 10.1 Å². The quantitative estimate of drug-likeness (QED) is 0.767. The van der Waals surface area contributed by atoms with Gasteiger partial charge in [0.15, 0.2) is 0 Å². The molecule has 1 N–H and O–H groups in total. The van der Waals surface area contributed by atoms with Crippen LogP contribution in [0.4, 0.5) is 4.39 Å². The second kappa shape index (κ2) is 7.96. The van der Waals surface area contributed by atoms with Gasteiger partial charge in [0.25, 0.3) is 0 Å². The number of ether oxygens (including phenoxy) is 2. The molecule has 1 aliphatic heterocycles. The smallest absolute Gasteiger partial charge is 0.128 e. The van der Waals surface area contributed by atoms with Gasteiger partial charge in [0, 0.05) is 17.1 Å². The number of hydrogen-bond acceptors (Lipinski definition) is 3. The largest absolute Gasteiger partial charge is 0.491 e. The van der Waals surface area contributed by atoms with Gasteiger partial charge in [-0.05, 0) is 37.9 Å². The first-order valence-corrected chi connectivity index (χ1v) is 7.91. The SMILES string of the molecule is CCCNCC1CCC(COc2cc(F)cc(Br)c2)O1. The topological polar surface area (TPSA) is 30.5 Å². The van der Waals surface area contributed by atoms with Gasteiger partial charge in [-0.3, -0.25) is 0 Å². The van der Waals surface area contributed by atoms with Crippen molar-refractivity contribution in [2.75, 3.05) is 19.7 Å². The van der Waals surface area contributed by atoms with E-state index in [1.54, 1.807) is 6.07 Å². The molecule has 0 saturated carbocycles. The fraction of sp³-hybridized carbons (Fsp3) is 0.600. The summed E-state index contributed by atoms with van der Waals surface area (Å²) < 4.78 is 25.4. The van der Waals surface area contributed by atoms with Crippen LogP contribution >= 0.6 is 15.9 Å². The van der Waals surface area contributed by atoms with E-state index in [4.69, 9.17) is 9.47 Å². The van der Waals surface area contributed by atoms with Crippen molar-refractivity contribution in [3.05, 3.63) is 28.5 Å². The Hall–Kier alpha value is -0.650. The van der Waals surface area contributed by atoms with E-state index >= 15 is 0 Å². The first-order valence-electron chi connectivity index (χ1n) is 7.12. The second-order valence-corrected chi connectivity index (χ2v) is 5.99. The van der Waals surface area contributed by atoms with Crippen LogP contribution in [0, 0.1) is 5.82 Å². The van der Waals surface area contributed by atoms with Crippen molar-refractivity contribution in [1.82, 2.24) is 5.32 Å². The van der Waals surface area contributed by atoms with Crippen LogP contribution in [-0.4, -0.2) is 31.9 Å². The molecule has 1 aromatic rings. The summed E-state index contributed by atoms with van der Waals surface area (Å²) in [6.45, 7) is 4.55. The lowest BCUT2D eigenvalue weighted by atomic mass is 10.2. The molecule has 0 aromatic heterocycles. The van der Waals surface area contributed by atoms with Crippen LogP contribution in [0.1, 0.15) is 26.2 Å².